The normalized spacial score (nSPS) is 36.8. The van der Waals surface area contributed by atoms with Crippen LogP contribution in [-0.4, -0.2) is 45.8 Å². The lowest BCUT2D eigenvalue weighted by molar-refractivity contribution is -0.203. The highest BCUT2D eigenvalue weighted by Crippen LogP contribution is 2.59. The molecule has 29 heavy (non-hydrogen) atoms. The molecule has 0 unspecified atom stereocenters. The van der Waals surface area contributed by atoms with E-state index in [-0.39, 0.29) is 17.2 Å². The first-order valence-electron chi connectivity index (χ1n) is 11.4. The summed E-state index contributed by atoms with van der Waals surface area (Å²) in [4.78, 5) is 12.9. The van der Waals surface area contributed by atoms with Gasteiger partial charge in [0.2, 0.25) is 5.60 Å². The van der Waals surface area contributed by atoms with Crippen molar-refractivity contribution in [1.29, 1.82) is 0 Å². The highest BCUT2D eigenvalue weighted by Gasteiger charge is 2.56. The Hall–Kier alpha value is -0.853. The average molecular weight is 423 g/mol. The summed E-state index contributed by atoms with van der Waals surface area (Å²) < 4.78 is 24.1. The van der Waals surface area contributed by atoms with Gasteiger partial charge in [-0.05, 0) is 48.6 Å². The van der Waals surface area contributed by atoms with Crippen LogP contribution in [0.3, 0.4) is 0 Å². The van der Waals surface area contributed by atoms with Gasteiger partial charge >= 0.3 is 5.97 Å². The Balaban J connectivity index is 1.64. The molecule has 5 nitrogen and oxygen atoms in total. The van der Waals surface area contributed by atoms with Crippen LogP contribution in [-0.2, 0) is 23.7 Å². The molecule has 0 N–H and O–H groups in total. The fourth-order valence-corrected chi connectivity index (χ4v) is 8.55. The number of hydrogen-bond acceptors (Lipinski definition) is 5. The van der Waals surface area contributed by atoms with Gasteiger partial charge in [-0.3, -0.25) is 0 Å². The maximum Gasteiger partial charge on any atom is 0.349 e. The van der Waals surface area contributed by atoms with Crippen LogP contribution in [0.4, 0.5) is 0 Å². The molecular formula is C23H38O5Si. The topological polar surface area (TPSA) is 54.0 Å². The molecule has 0 amide bonds. The van der Waals surface area contributed by atoms with Crippen LogP contribution in [0.1, 0.15) is 58.3 Å². The van der Waals surface area contributed by atoms with Gasteiger partial charge in [-0.25, -0.2) is 4.79 Å². The molecule has 0 aromatic rings. The molecule has 4 rings (SSSR count). The largest absolute Gasteiger partial charge is 0.480 e. The summed E-state index contributed by atoms with van der Waals surface area (Å²) in [6, 6.07) is 0.814. The summed E-state index contributed by atoms with van der Waals surface area (Å²) in [5.74, 6) is 1.10. The lowest BCUT2D eigenvalue weighted by Crippen LogP contribution is -2.51. The van der Waals surface area contributed by atoms with Crippen molar-refractivity contribution in [2.24, 2.45) is 11.3 Å². The smallest absolute Gasteiger partial charge is 0.349 e. The summed E-state index contributed by atoms with van der Waals surface area (Å²) in [7, 11) is -0.0276. The number of hydrogen-bond donors (Lipinski definition) is 0. The fourth-order valence-electron chi connectivity index (χ4n) is 6.45. The zero-order chi connectivity index (χ0) is 20.9. The van der Waals surface area contributed by atoms with E-state index in [9.17, 15) is 4.79 Å². The number of ether oxygens (including phenoxy) is 4. The quantitative estimate of drug-likeness (QED) is 0.471. The van der Waals surface area contributed by atoms with Crippen LogP contribution in [0, 0.1) is 11.3 Å². The van der Waals surface area contributed by atoms with Crippen molar-refractivity contribution in [2.75, 3.05) is 20.3 Å². The molecule has 2 aliphatic carbocycles. The molecule has 1 spiro atoms. The first-order chi connectivity index (χ1) is 13.6. The minimum absolute atomic E-state index is 0.119. The molecule has 0 radical (unpaired) electrons. The summed E-state index contributed by atoms with van der Waals surface area (Å²) >= 11 is 0. The summed E-state index contributed by atoms with van der Waals surface area (Å²) in [5, 5.41) is 0. The molecule has 0 aromatic heterocycles. The van der Waals surface area contributed by atoms with Crippen molar-refractivity contribution in [2.45, 2.75) is 95.4 Å². The van der Waals surface area contributed by atoms with Crippen LogP contribution in [0.5, 0.6) is 0 Å². The molecule has 2 heterocycles. The summed E-state index contributed by atoms with van der Waals surface area (Å²) in [6.45, 7) is 10.8. The van der Waals surface area contributed by atoms with Gasteiger partial charge in [0.1, 0.15) is 0 Å². The highest BCUT2D eigenvalue weighted by molar-refractivity contribution is 6.76. The average Bonchev–Trinajstić information content (AvgIpc) is 3.05. The molecule has 3 atom stereocenters. The third-order valence-corrected chi connectivity index (χ3v) is 9.38. The van der Waals surface area contributed by atoms with E-state index in [0.717, 1.165) is 70.0 Å². The molecule has 4 aliphatic rings. The van der Waals surface area contributed by atoms with Crippen molar-refractivity contribution in [3.63, 3.8) is 0 Å². The minimum Gasteiger partial charge on any atom is -0.480 e. The predicted molar refractivity (Wildman–Crippen MR) is 114 cm³/mol. The molecule has 1 saturated heterocycles. The van der Waals surface area contributed by atoms with E-state index < -0.39 is 13.7 Å². The van der Waals surface area contributed by atoms with E-state index >= 15 is 0 Å². The third kappa shape index (κ3) is 3.81. The second-order valence-corrected chi connectivity index (χ2v) is 16.5. The van der Waals surface area contributed by atoms with E-state index in [4.69, 9.17) is 18.9 Å². The third-order valence-electron chi connectivity index (χ3n) is 7.75. The van der Waals surface area contributed by atoms with Crippen molar-refractivity contribution >= 4 is 14.0 Å². The fraction of sp³-hybridized carbons (Fsp3) is 0.870. The Kier molecular flexibility index (Phi) is 5.44. The Morgan fingerprint density at radius 3 is 2.52 bits per heavy atom. The molecule has 2 fully saturated rings. The van der Waals surface area contributed by atoms with E-state index in [2.05, 4.69) is 26.6 Å². The second kappa shape index (κ2) is 7.38. The molecule has 164 valence electrons. The number of fused-ring (bicyclic) bond motifs is 2. The van der Waals surface area contributed by atoms with Crippen molar-refractivity contribution in [1.82, 2.24) is 0 Å². The van der Waals surface area contributed by atoms with Crippen LogP contribution >= 0.6 is 0 Å². The number of rotatable bonds is 3. The maximum atomic E-state index is 12.9. The Bertz CT molecular complexity index is 690. The van der Waals surface area contributed by atoms with Crippen molar-refractivity contribution in [3.8, 4) is 0 Å². The summed E-state index contributed by atoms with van der Waals surface area (Å²) in [6.07, 6.45) is 7.88. The van der Waals surface area contributed by atoms with Crippen LogP contribution in [0.25, 0.3) is 0 Å². The first-order valence-corrected chi connectivity index (χ1v) is 15.1. The Morgan fingerprint density at radius 1 is 1.14 bits per heavy atom. The maximum absolute atomic E-state index is 12.9. The first kappa shape index (κ1) is 21.4. The SMILES string of the molecule is COC(=O)[C@]1(C[Si](C)(C)C)CCC2=C(CCC[C@@H]3CC4(CC[C@]23C)OCCO4)O1. The zero-order valence-corrected chi connectivity index (χ0v) is 19.9. The minimum atomic E-state index is -1.52. The van der Waals surface area contributed by atoms with Gasteiger partial charge in [-0.2, -0.15) is 0 Å². The second-order valence-electron chi connectivity index (χ2n) is 11.0. The van der Waals surface area contributed by atoms with Crippen molar-refractivity contribution < 1.29 is 23.7 Å². The van der Waals surface area contributed by atoms with E-state index in [1.54, 1.807) is 0 Å². The standard InChI is InChI=1S/C23H38O5Si/c1-21-11-12-23(26-13-14-27-23)15-17(21)7-6-8-19-18(21)9-10-22(28-19,20(24)25-2)16-29(3,4)5/h17H,6-16H2,1-5H3/t17-,21+,22-/m1/s1. The van der Waals surface area contributed by atoms with Gasteiger partial charge in [0.05, 0.1) is 26.1 Å². The molecule has 1 saturated carbocycles. The molecule has 0 aromatic carbocycles. The Morgan fingerprint density at radius 2 is 1.86 bits per heavy atom. The van der Waals surface area contributed by atoms with Gasteiger partial charge in [0.15, 0.2) is 5.79 Å². The van der Waals surface area contributed by atoms with Gasteiger partial charge in [-0.15, -0.1) is 0 Å². The number of esters is 1. The lowest BCUT2D eigenvalue weighted by Gasteiger charge is -2.50. The van der Waals surface area contributed by atoms with Gasteiger partial charge in [-0.1, -0.05) is 26.6 Å². The number of carbonyl (C=O) groups is 1. The van der Waals surface area contributed by atoms with Gasteiger partial charge in [0.25, 0.3) is 0 Å². The summed E-state index contributed by atoms with van der Waals surface area (Å²) in [5.41, 5.74) is 0.790. The Labute approximate surface area is 176 Å². The van der Waals surface area contributed by atoms with E-state index in [0.29, 0.717) is 5.92 Å². The van der Waals surface area contributed by atoms with E-state index in [1.807, 2.05) is 0 Å². The van der Waals surface area contributed by atoms with Crippen molar-refractivity contribution in [3.05, 3.63) is 11.3 Å². The van der Waals surface area contributed by atoms with Crippen LogP contribution in [0.2, 0.25) is 25.7 Å². The molecular weight excluding hydrogens is 384 g/mol. The number of methoxy groups -OCH3 is 1. The molecule has 0 bridgehead atoms. The predicted octanol–water partition coefficient (Wildman–Crippen LogP) is 5.03. The molecule has 6 heteroatoms. The monoisotopic (exact) mass is 422 g/mol. The van der Waals surface area contributed by atoms with Crippen LogP contribution < -0.4 is 0 Å². The number of allylic oxidation sites excluding steroid dienone is 2. The van der Waals surface area contributed by atoms with Gasteiger partial charge in [0, 0.05) is 33.8 Å². The van der Waals surface area contributed by atoms with Gasteiger partial charge < -0.3 is 18.9 Å². The van der Waals surface area contributed by atoms with Crippen LogP contribution in [0.15, 0.2) is 11.3 Å². The molecule has 2 aliphatic heterocycles. The van der Waals surface area contributed by atoms with E-state index in [1.165, 1.54) is 19.1 Å². The number of carbonyl (C=O) groups excluding carboxylic acids is 1. The highest BCUT2D eigenvalue weighted by atomic mass is 28.3. The lowest BCUT2D eigenvalue weighted by atomic mass is 9.60. The zero-order valence-electron chi connectivity index (χ0n) is 18.9.